The van der Waals surface area contributed by atoms with Crippen LogP contribution in [0.5, 0.6) is 0 Å². The van der Waals surface area contributed by atoms with E-state index >= 15 is 0 Å². The summed E-state index contributed by atoms with van der Waals surface area (Å²) in [6.45, 7) is 7.62. The Morgan fingerprint density at radius 1 is 0.881 bits per heavy atom. The number of carbonyl (C=O) groups excluding carboxylic acids is 3. The van der Waals surface area contributed by atoms with Gasteiger partial charge in [-0.15, -0.1) is 0 Å². The highest BCUT2D eigenvalue weighted by Crippen LogP contribution is 2.33. The van der Waals surface area contributed by atoms with Gasteiger partial charge in [0.2, 0.25) is 11.8 Å². The average Bonchev–Trinajstić information content (AvgIpc) is 3.03. The van der Waals surface area contributed by atoms with Gasteiger partial charge in [0.25, 0.3) is 0 Å². The number of fused-ring (bicyclic) bond motifs is 1. The normalized spacial score (nSPS) is 20.0. The van der Waals surface area contributed by atoms with Gasteiger partial charge in [-0.05, 0) is 22.6 Å². The van der Waals surface area contributed by atoms with E-state index in [4.69, 9.17) is 0 Å². The molecule has 0 spiro atoms. The Morgan fingerprint density at radius 3 is 2.00 bits per heavy atom. The molecule has 8 nitrogen and oxygen atoms in total. The number of hydrogen-bond donors (Lipinski definition) is 1. The Labute approximate surface area is 248 Å². The molecule has 2 aliphatic heterocycles. The number of carbonyl (C=O) groups is 3. The molecule has 0 aliphatic carbocycles. The summed E-state index contributed by atoms with van der Waals surface area (Å²) >= 11 is 0. The number of nitrogens with one attached hydrogen (secondary N) is 1. The summed E-state index contributed by atoms with van der Waals surface area (Å²) in [4.78, 5) is 45.3. The summed E-state index contributed by atoms with van der Waals surface area (Å²) in [6.07, 6.45) is 0.130. The number of benzene rings is 3. The third-order valence-electron chi connectivity index (χ3n) is 8.61. The van der Waals surface area contributed by atoms with Crippen molar-refractivity contribution in [2.75, 3.05) is 26.2 Å². The fourth-order valence-electron chi connectivity index (χ4n) is 6.17. The predicted octanol–water partition coefficient (Wildman–Crippen LogP) is 4.69. The molecule has 3 aromatic carbocycles. The van der Waals surface area contributed by atoms with E-state index in [1.165, 1.54) is 0 Å². The first-order valence-electron chi connectivity index (χ1n) is 15.0. The Balaban J connectivity index is 1.49. The molecule has 2 aliphatic rings. The second-order valence-electron chi connectivity index (χ2n) is 11.2. The third kappa shape index (κ3) is 6.04. The lowest BCUT2D eigenvalue weighted by molar-refractivity contribution is -0.193. The maximum absolute atomic E-state index is 14.3. The first kappa shape index (κ1) is 29.3. The van der Waals surface area contributed by atoms with Crippen molar-refractivity contribution in [2.45, 2.75) is 51.9 Å². The van der Waals surface area contributed by atoms with Crippen LogP contribution in [0.3, 0.4) is 0 Å². The van der Waals surface area contributed by atoms with Crippen LogP contribution in [0.25, 0.3) is 0 Å². The zero-order valence-corrected chi connectivity index (χ0v) is 24.7. The number of hydrazine groups is 1. The van der Waals surface area contributed by atoms with Crippen LogP contribution in [0.4, 0.5) is 4.79 Å². The van der Waals surface area contributed by atoms with Gasteiger partial charge in [0, 0.05) is 25.6 Å². The van der Waals surface area contributed by atoms with Crippen molar-refractivity contribution < 1.29 is 14.4 Å². The van der Waals surface area contributed by atoms with Crippen molar-refractivity contribution in [1.29, 1.82) is 0 Å². The highest BCUT2D eigenvalue weighted by atomic mass is 16.2. The molecule has 220 valence electrons. The molecule has 0 bridgehead atoms. The van der Waals surface area contributed by atoms with Crippen LogP contribution < -0.4 is 5.32 Å². The van der Waals surface area contributed by atoms with Gasteiger partial charge < -0.3 is 15.1 Å². The highest BCUT2D eigenvalue weighted by Gasteiger charge is 2.52. The molecule has 1 N–H and O–H groups in total. The van der Waals surface area contributed by atoms with Gasteiger partial charge in [0.1, 0.15) is 12.2 Å². The average molecular weight is 568 g/mol. The van der Waals surface area contributed by atoms with E-state index in [-0.39, 0.29) is 42.8 Å². The van der Waals surface area contributed by atoms with Gasteiger partial charge in [-0.2, -0.15) is 0 Å². The molecule has 3 aromatic rings. The van der Waals surface area contributed by atoms with Crippen LogP contribution in [-0.2, 0) is 16.1 Å². The lowest BCUT2D eigenvalue weighted by Crippen LogP contribution is -2.77. The first-order chi connectivity index (χ1) is 20.4. The summed E-state index contributed by atoms with van der Waals surface area (Å²) < 4.78 is 0. The Bertz CT molecular complexity index is 1310. The third-order valence-corrected chi connectivity index (χ3v) is 8.61. The Morgan fingerprint density at radius 2 is 1.45 bits per heavy atom. The summed E-state index contributed by atoms with van der Waals surface area (Å²) in [5.41, 5.74) is 3.23. The van der Waals surface area contributed by atoms with Crippen molar-refractivity contribution in [1.82, 2.24) is 25.1 Å². The van der Waals surface area contributed by atoms with Gasteiger partial charge in [0.15, 0.2) is 0 Å². The zero-order chi connectivity index (χ0) is 29.6. The van der Waals surface area contributed by atoms with Gasteiger partial charge in [0.05, 0.1) is 13.1 Å². The first-order valence-corrected chi connectivity index (χ1v) is 15.0. The lowest BCUT2D eigenvalue weighted by atomic mass is 9.88. The smallest absolute Gasteiger partial charge is 0.334 e. The highest BCUT2D eigenvalue weighted by molar-refractivity contribution is 5.91. The number of rotatable bonds is 9. The molecular formula is C34H41N5O3. The SMILES string of the molecule is CCC(C)[C@H]1C(=O)N(CC(c2ccccc2)c2ccccc2)C[C@H]2N1C(=O)CN(CC)N2C(=O)NCc1ccccc1. The van der Waals surface area contributed by atoms with Crippen LogP contribution in [0, 0.1) is 5.92 Å². The van der Waals surface area contributed by atoms with Crippen molar-refractivity contribution in [3.8, 4) is 0 Å². The zero-order valence-electron chi connectivity index (χ0n) is 24.7. The van der Waals surface area contributed by atoms with E-state index in [0.717, 1.165) is 23.1 Å². The summed E-state index contributed by atoms with van der Waals surface area (Å²) in [6, 6.07) is 29.3. The molecule has 0 radical (unpaired) electrons. The summed E-state index contributed by atoms with van der Waals surface area (Å²) in [5, 5.41) is 6.54. The van der Waals surface area contributed by atoms with E-state index in [1.807, 2.05) is 92.4 Å². The Hall–Kier alpha value is -4.17. The van der Waals surface area contributed by atoms with Crippen LogP contribution in [0.2, 0.25) is 0 Å². The van der Waals surface area contributed by atoms with Crippen molar-refractivity contribution in [2.24, 2.45) is 5.92 Å². The number of urea groups is 1. The van der Waals surface area contributed by atoms with E-state index in [9.17, 15) is 14.4 Å². The molecule has 3 atom stereocenters. The monoisotopic (exact) mass is 567 g/mol. The predicted molar refractivity (Wildman–Crippen MR) is 163 cm³/mol. The summed E-state index contributed by atoms with van der Waals surface area (Å²) in [7, 11) is 0. The van der Waals surface area contributed by atoms with Gasteiger partial charge >= 0.3 is 6.03 Å². The van der Waals surface area contributed by atoms with Crippen molar-refractivity contribution >= 4 is 17.8 Å². The second kappa shape index (κ2) is 13.2. The van der Waals surface area contributed by atoms with Crippen LogP contribution in [0.15, 0.2) is 91.0 Å². The molecule has 0 aromatic heterocycles. The van der Waals surface area contributed by atoms with Crippen molar-refractivity contribution in [3.05, 3.63) is 108 Å². The number of piperazine rings is 1. The fraction of sp³-hybridized carbons (Fsp3) is 0.382. The molecule has 1 unspecified atom stereocenters. The molecule has 8 heteroatoms. The Kier molecular flexibility index (Phi) is 9.22. The molecular weight excluding hydrogens is 526 g/mol. The molecule has 42 heavy (non-hydrogen) atoms. The van der Waals surface area contributed by atoms with E-state index in [2.05, 4.69) is 29.6 Å². The minimum Gasteiger partial charge on any atom is -0.336 e. The van der Waals surface area contributed by atoms with Crippen LogP contribution in [-0.4, -0.2) is 76.0 Å². The van der Waals surface area contributed by atoms with Crippen LogP contribution in [0.1, 0.15) is 49.8 Å². The molecule has 2 heterocycles. The molecule has 0 saturated carbocycles. The largest absolute Gasteiger partial charge is 0.336 e. The van der Waals surface area contributed by atoms with Gasteiger partial charge in [-0.25, -0.2) is 14.8 Å². The molecule has 5 rings (SSSR count). The number of hydrogen-bond acceptors (Lipinski definition) is 4. The number of amides is 4. The van der Waals surface area contributed by atoms with E-state index in [0.29, 0.717) is 19.6 Å². The number of nitrogens with zero attached hydrogens (tertiary/aromatic N) is 4. The maximum Gasteiger partial charge on any atom is 0.334 e. The fourth-order valence-corrected chi connectivity index (χ4v) is 6.17. The van der Waals surface area contributed by atoms with Gasteiger partial charge in [-0.3, -0.25) is 9.59 Å². The number of likely N-dealkylation sites (N-methyl/N-ethyl adjacent to an activating group) is 1. The standard InChI is InChI=1S/C34H41N5O3/c1-4-25(3)32-33(41)36(22-29(27-17-11-7-12-18-27)28-19-13-8-14-20-28)23-30-38(32)31(40)24-37(5-2)39(30)34(42)35-21-26-15-9-6-10-16-26/h6-20,25,29-30,32H,4-5,21-24H2,1-3H3,(H,35,42)/t25?,30-,32-/m0/s1. The van der Waals surface area contributed by atoms with Crippen molar-refractivity contribution in [3.63, 3.8) is 0 Å². The maximum atomic E-state index is 14.3. The van der Waals surface area contributed by atoms with E-state index < -0.39 is 12.2 Å². The minimum absolute atomic E-state index is 0.0533. The van der Waals surface area contributed by atoms with Gasteiger partial charge in [-0.1, -0.05) is 118 Å². The molecule has 4 amide bonds. The van der Waals surface area contributed by atoms with E-state index in [1.54, 1.807) is 14.9 Å². The minimum atomic E-state index is -0.642. The molecule has 2 saturated heterocycles. The molecule has 2 fully saturated rings. The topological polar surface area (TPSA) is 76.2 Å². The van der Waals surface area contributed by atoms with Crippen LogP contribution >= 0.6 is 0 Å². The lowest BCUT2D eigenvalue weighted by Gasteiger charge is -2.56. The quantitative estimate of drug-likeness (QED) is 0.407. The summed E-state index contributed by atoms with van der Waals surface area (Å²) in [5.74, 6) is -0.293. The second-order valence-corrected chi connectivity index (χ2v) is 11.2.